The van der Waals surface area contributed by atoms with Crippen LogP contribution in [0.15, 0.2) is 12.2 Å². The molecule has 0 aliphatic carbocycles. The lowest BCUT2D eigenvalue weighted by Crippen LogP contribution is -2.04. The second-order valence-electron chi connectivity index (χ2n) is 3.17. The summed E-state index contributed by atoms with van der Waals surface area (Å²) >= 11 is 0. The summed E-state index contributed by atoms with van der Waals surface area (Å²) in [6, 6.07) is 0. The van der Waals surface area contributed by atoms with Crippen LogP contribution in [0.2, 0.25) is 0 Å². The van der Waals surface area contributed by atoms with E-state index in [2.05, 4.69) is 39.8 Å². The maximum atomic E-state index is 2.33. The van der Waals surface area contributed by atoms with Gasteiger partial charge in [-0.05, 0) is 25.2 Å². The lowest BCUT2D eigenvalue weighted by molar-refractivity contribution is 0.380. The molecule has 0 aromatic heterocycles. The molecule has 0 N–H and O–H groups in total. The zero-order valence-corrected chi connectivity index (χ0v) is 7.72. The van der Waals surface area contributed by atoms with E-state index in [4.69, 9.17) is 0 Å². The molecule has 0 heteroatoms. The van der Waals surface area contributed by atoms with Crippen molar-refractivity contribution < 1.29 is 0 Å². The molecule has 0 bridgehead atoms. The van der Waals surface area contributed by atoms with Crippen LogP contribution >= 0.6 is 0 Å². The van der Waals surface area contributed by atoms with Crippen LogP contribution < -0.4 is 0 Å². The van der Waals surface area contributed by atoms with E-state index in [-0.39, 0.29) is 0 Å². The highest BCUT2D eigenvalue weighted by atomic mass is 14.1. The van der Waals surface area contributed by atoms with Gasteiger partial charge in [0.2, 0.25) is 0 Å². The van der Waals surface area contributed by atoms with Gasteiger partial charge in [0.15, 0.2) is 0 Å². The molecule has 0 radical (unpaired) electrons. The maximum Gasteiger partial charge on any atom is -0.0322 e. The van der Waals surface area contributed by atoms with Crippen molar-refractivity contribution in [3.8, 4) is 0 Å². The van der Waals surface area contributed by atoms with Gasteiger partial charge in [0.1, 0.15) is 0 Å². The van der Waals surface area contributed by atoms with Crippen molar-refractivity contribution in [1.29, 1.82) is 0 Å². The van der Waals surface area contributed by atoms with Crippen molar-refractivity contribution in [3.05, 3.63) is 12.2 Å². The summed E-state index contributed by atoms with van der Waals surface area (Å²) in [5.41, 5.74) is 0. The Labute approximate surface area is 65.3 Å². The Morgan fingerprint density at radius 3 is 2.20 bits per heavy atom. The molecule has 2 atom stereocenters. The summed E-state index contributed by atoms with van der Waals surface area (Å²) in [5, 5.41) is 0. The smallest absolute Gasteiger partial charge is 0.0322 e. The molecule has 0 aromatic rings. The third-order valence-electron chi connectivity index (χ3n) is 2.36. The first-order chi connectivity index (χ1) is 4.72. The standard InChI is InChI=1S/C10H20/c1-5-7-8-10(4)9(3)6-2/h5,7,9-10H,6,8H2,1-4H3/b7-5+/t9-,10+/m0/s1. The fourth-order valence-electron chi connectivity index (χ4n) is 0.985. The molecule has 0 aromatic carbocycles. The van der Waals surface area contributed by atoms with Gasteiger partial charge in [-0.2, -0.15) is 0 Å². The van der Waals surface area contributed by atoms with E-state index in [0.29, 0.717) is 0 Å². The molecule has 0 fully saturated rings. The summed E-state index contributed by atoms with van der Waals surface area (Å²) in [7, 11) is 0. The zero-order valence-electron chi connectivity index (χ0n) is 7.72. The quantitative estimate of drug-likeness (QED) is 0.523. The van der Waals surface area contributed by atoms with Crippen molar-refractivity contribution >= 4 is 0 Å². The van der Waals surface area contributed by atoms with Crippen LogP contribution in [0.25, 0.3) is 0 Å². The van der Waals surface area contributed by atoms with Crippen LogP contribution in [0.4, 0.5) is 0 Å². The molecule has 0 nitrogen and oxygen atoms in total. The van der Waals surface area contributed by atoms with E-state index in [1.165, 1.54) is 12.8 Å². The molecule has 0 heterocycles. The predicted molar refractivity (Wildman–Crippen MR) is 48.1 cm³/mol. The minimum absolute atomic E-state index is 0.848. The molecule has 0 aliphatic rings. The molecule has 10 heavy (non-hydrogen) atoms. The Hall–Kier alpha value is -0.260. The first kappa shape index (κ1) is 9.74. The maximum absolute atomic E-state index is 2.33. The molecular weight excluding hydrogens is 120 g/mol. The van der Waals surface area contributed by atoms with Gasteiger partial charge in [0.05, 0.1) is 0 Å². The van der Waals surface area contributed by atoms with Gasteiger partial charge in [-0.1, -0.05) is 39.3 Å². The van der Waals surface area contributed by atoms with Crippen molar-refractivity contribution in [2.45, 2.75) is 40.5 Å². The van der Waals surface area contributed by atoms with E-state index in [1.54, 1.807) is 0 Å². The number of rotatable bonds is 4. The van der Waals surface area contributed by atoms with E-state index >= 15 is 0 Å². The second kappa shape index (κ2) is 5.52. The monoisotopic (exact) mass is 140 g/mol. The highest BCUT2D eigenvalue weighted by Crippen LogP contribution is 2.17. The summed E-state index contributed by atoms with van der Waals surface area (Å²) in [6.45, 7) is 9.00. The van der Waals surface area contributed by atoms with E-state index in [9.17, 15) is 0 Å². The van der Waals surface area contributed by atoms with Gasteiger partial charge in [0.25, 0.3) is 0 Å². The number of allylic oxidation sites excluding steroid dienone is 2. The summed E-state index contributed by atoms with van der Waals surface area (Å²) in [4.78, 5) is 0. The molecule has 0 spiro atoms. The number of hydrogen-bond donors (Lipinski definition) is 0. The Kier molecular flexibility index (Phi) is 5.38. The van der Waals surface area contributed by atoms with Crippen LogP contribution in [0, 0.1) is 11.8 Å². The molecular formula is C10H20. The predicted octanol–water partition coefficient (Wildman–Crippen LogP) is 3.63. The highest BCUT2D eigenvalue weighted by molar-refractivity contribution is 4.80. The largest absolute Gasteiger partial charge is 0.0917 e. The fourth-order valence-corrected chi connectivity index (χ4v) is 0.985. The average Bonchev–Trinajstić information content (AvgIpc) is 1.98. The first-order valence-corrected chi connectivity index (χ1v) is 4.33. The lowest BCUT2D eigenvalue weighted by Gasteiger charge is -2.15. The van der Waals surface area contributed by atoms with Crippen molar-refractivity contribution in [1.82, 2.24) is 0 Å². The van der Waals surface area contributed by atoms with Crippen LogP contribution in [0.3, 0.4) is 0 Å². The minimum atomic E-state index is 0.848. The van der Waals surface area contributed by atoms with Gasteiger partial charge >= 0.3 is 0 Å². The normalized spacial score (nSPS) is 17.6. The molecule has 60 valence electrons. The van der Waals surface area contributed by atoms with Crippen molar-refractivity contribution in [2.75, 3.05) is 0 Å². The van der Waals surface area contributed by atoms with E-state index in [1.807, 2.05) is 0 Å². The molecule has 0 saturated carbocycles. The first-order valence-electron chi connectivity index (χ1n) is 4.33. The third kappa shape index (κ3) is 3.71. The van der Waals surface area contributed by atoms with Crippen LogP contribution in [0.1, 0.15) is 40.5 Å². The van der Waals surface area contributed by atoms with Gasteiger partial charge in [-0.15, -0.1) is 0 Å². The Morgan fingerprint density at radius 1 is 1.20 bits per heavy atom. The minimum Gasteiger partial charge on any atom is -0.0917 e. The van der Waals surface area contributed by atoms with Gasteiger partial charge < -0.3 is 0 Å². The Morgan fingerprint density at radius 2 is 1.80 bits per heavy atom. The lowest BCUT2D eigenvalue weighted by atomic mass is 9.91. The number of hydrogen-bond acceptors (Lipinski definition) is 0. The summed E-state index contributed by atoms with van der Waals surface area (Å²) < 4.78 is 0. The SMILES string of the molecule is C/C=C/C[C@@H](C)[C@@H](C)CC. The molecule has 0 unspecified atom stereocenters. The van der Waals surface area contributed by atoms with Crippen LogP contribution in [0.5, 0.6) is 0 Å². The molecule has 0 saturated heterocycles. The summed E-state index contributed by atoms with van der Waals surface area (Å²) in [6.07, 6.45) is 6.94. The zero-order chi connectivity index (χ0) is 7.98. The molecule has 0 aliphatic heterocycles. The second-order valence-corrected chi connectivity index (χ2v) is 3.17. The van der Waals surface area contributed by atoms with Crippen LogP contribution in [-0.2, 0) is 0 Å². The van der Waals surface area contributed by atoms with E-state index in [0.717, 1.165) is 11.8 Å². The Balaban J connectivity index is 3.50. The summed E-state index contributed by atoms with van der Waals surface area (Å²) in [5.74, 6) is 1.72. The van der Waals surface area contributed by atoms with Crippen molar-refractivity contribution in [3.63, 3.8) is 0 Å². The molecule has 0 amide bonds. The van der Waals surface area contributed by atoms with Crippen LogP contribution in [-0.4, -0.2) is 0 Å². The molecule has 0 rings (SSSR count). The van der Waals surface area contributed by atoms with E-state index < -0.39 is 0 Å². The Bertz CT molecular complexity index is 92.2. The average molecular weight is 140 g/mol. The van der Waals surface area contributed by atoms with Gasteiger partial charge in [-0.3, -0.25) is 0 Å². The van der Waals surface area contributed by atoms with Crippen molar-refractivity contribution in [2.24, 2.45) is 11.8 Å². The topological polar surface area (TPSA) is 0 Å². The third-order valence-corrected chi connectivity index (χ3v) is 2.36. The highest BCUT2D eigenvalue weighted by Gasteiger charge is 2.06. The fraction of sp³-hybridized carbons (Fsp3) is 0.800. The van der Waals surface area contributed by atoms with Gasteiger partial charge in [0, 0.05) is 0 Å². The van der Waals surface area contributed by atoms with Gasteiger partial charge in [-0.25, -0.2) is 0 Å².